The minimum absolute atomic E-state index is 0.245. The van der Waals surface area contributed by atoms with E-state index in [0.717, 1.165) is 6.42 Å². The van der Waals surface area contributed by atoms with E-state index in [0.29, 0.717) is 22.5 Å². The lowest BCUT2D eigenvalue weighted by molar-refractivity contribution is 0.0898. The van der Waals surface area contributed by atoms with E-state index in [4.69, 9.17) is 5.73 Å². The monoisotopic (exact) mass is 329 g/mol. The number of aromatic amines is 1. The van der Waals surface area contributed by atoms with Crippen LogP contribution in [0.1, 0.15) is 37.6 Å². The highest BCUT2D eigenvalue weighted by atomic mass is 79.9. The van der Waals surface area contributed by atoms with Crippen LogP contribution in [0, 0.1) is 5.92 Å². The van der Waals surface area contributed by atoms with Gasteiger partial charge in [0, 0.05) is 18.3 Å². The minimum atomic E-state index is -0.451. The van der Waals surface area contributed by atoms with Crippen LogP contribution in [-0.4, -0.2) is 23.0 Å². The highest BCUT2D eigenvalue weighted by Crippen LogP contribution is 2.16. The molecule has 0 aliphatic rings. The van der Waals surface area contributed by atoms with Crippen molar-refractivity contribution in [1.82, 2.24) is 10.3 Å². The smallest absolute Gasteiger partial charge is 0.262 e. The average molecular weight is 330 g/mol. The van der Waals surface area contributed by atoms with Gasteiger partial charge in [-0.05, 0) is 41.3 Å². The van der Waals surface area contributed by atoms with Crippen LogP contribution in [0.5, 0.6) is 0 Å². The second kappa shape index (κ2) is 6.34. The lowest BCUT2D eigenvalue weighted by atomic mass is 9.90. The zero-order chi connectivity index (χ0) is 14.6. The number of pyridine rings is 1. The Morgan fingerprint density at radius 3 is 2.68 bits per heavy atom. The first-order valence-electron chi connectivity index (χ1n) is 6.18. The maximum Gasteiger partial charge on any atom is 0.262 e. The summed E-state index contributed by atoms with van der Waals surface area (Å²) in [6.07, 6.45) is 2.19. The molecule has 1 aromatic rings. The first-order valence-corrected chi connectivity index (χ1v) is 6.97. The van der Waals surface area contributed by atoms with Crippen LogP contribution >= 0.6 is 15.9 Å². The van der Waals surface area contributed by atoms with Gasteiger partial charge in [-0.25, -0.2) is 0 Å². The quantitative estimate of drug-likeness (QED) is 0.767. The molecule has 1 rings (SSSR count). The van der Waals surface area contributed by atoms with Gasteiger partial charge in [0.2, 0.25) is 0 Å². The van der Waals surface area contributed by atoms with E-state index in [1.165, 1.54) is 12.3 Å². The summed E-state index contributed by atoms with van der Waals surface area (Å²) < 4.78 is 0.332. The Balaban J connectivity index is 2.88. The number of rotatable bonds is 5. The lowest BCUT2D eigenvalue weighted by Gasteiger charge is -2.31. The first kappa shape index (κ1) is 15.9. The van der Waals surface area contributed by atoms with Crippen LogP contribution in [0.25, 0.3) is 0 Å². The number of nitrogens with two attached hydrogens (primary N) is 1. The van der Waals surface area contributed by atoms with Crippen molar-refractivity contribution in [3.8, 4) is 0 Å². The van der Waals surface area contributed by atoms with E-state index in [1.54, 1.807) is 0 Å². The summed E-state index contributed by atoms with van der Waals surface area (Å²) in [7, 11) is 0. The van der Waals surface area contributed by atoms with E-state index in [1.807, 2.05) is 6.92 Å². The van der Waals surface area contributed by atoms with Crippen LogP contribution < -0.4 is 16.6 Å². The topological polar surface area (TPSA) is 88.0 Å². The molecule has 1 amide bonds. The molecule has 1 heterocycles. The van der Waals surface area contributed by atoms with Gasteiger partial charge in [-0.2, -0.15) is 0 Å². The number of carbonyl (C=O) groups excluding carboxylic acids is 1. The molecular weight excluding hydrogens is 310 g/mol. The lowest BCUT2D eigenvalue weighted by Crippen LogP contribution is -2.52. The number of hydrogen-bond donors (Lipinski definition) is 3. The van der Waals surface area contributed by atoms with Gasteiger partial charge in [0.1, 0.15) is 0 Å². The van der Waals surface area contributed by atoms with Gasteiger partial charge in [0.05, 0.1) is 10.0 Å². The maximum absolute atomic E-state index is 12.2. The molecule has 4 N–H and O–H groups in total. The van der Waals surface area contributed by atoms with Crippen molar-refractivity contribution in [2.75, 3.05) is 6.54 Å². The molecule has 1 aromatic heterocycles. The Labute approximate surface area is 121 Å². The summed E-state index contributed by atoms with van der Waals surface area (Å²) in [4.78, 5) is 25.9. The van der Waals surface area contributed by atoms with Gasteiger partial charge >= 0.3 is 0 Å². The Hall–Kier alpha value is -1.14. The average Bonchev–Trinajstić information content (AvgIpc) is 2.31. The molecule has 1 unspecified atom stereocenters. The minimum Gasteiger partial charge on any atom is -0.346 e. The molecule has 106 valence electrons. The Morgan fingerprint density at radius 2 is 2.21 bits per heavy atom. The van der Waals surface area contributed by atoms with E-state index in [9.17, 15) is 9.59 Å². The van der Waals surface area contributed by atoms with Crippen molar-refractivity contribution in [2.24, 2.45) is 11.7 Å². The number of H-pyrrole nitrogens is 1. The standard InChI is InChI=1S/C13H20BrN3O2/c1-8(2)5-13(3,7-15)17-11(18)9-4-10(14)12(19)16-6-9/h4,6,8H,5,7,15H2,1-3H3,(H,16,19)(H,17,18). The fraction of sp³-hybridized carbons (Fsp3) is 0.538. The maximum atomic E-state index is 12.2. The van der Waals surface area contributed by atoms with Crippen molar-refractivity contribution in [3.63, 3.8) is 0 Å². The highest BCUT2D eigenvalue weighted by molar-refractivity contribution is 9.10. The first-order chi connectivity index (χ1) is 8.77. The SMILES string of the molecule is CC(C)CC(C)(CN)NC(=O)c1c[nH]c(=O)c(Br)c1. The number of nitrogens with one attached hydrogen (secondary N) is 2. The molecule has 0 saturated carbocycles. The van der Waals surface area contributed by atoms with Gasteiger partial charge in [-0.1, -0.05) is 13.8 Å². The normalized spacial score (nSPS) is 14.2. The molecule has 0 aliphatic heterocycles. The van der Waals surface area contributed by atoms with Gasteiger partial charge in [-0.15, -0.1) is 0 Å². The van der Waals surface area contributed by atoms with Crippen molar-refractivity contribution in [2.45, 2.75) is 32.7 Å². The Kier molecular flexibility index (Phi) is 5.31. The molecule has 0 bridgehead atoms. The number of halogens is 1. The van der Waals surface area contributed by atoms with E-state index in [2.05, 4.69) is 40.1 Å². The van der Waals surface area contributed by atoms with Crippen molar-refractivity contribution < 1.29 is 4.79 Å². The Bertz CT molecular complexity index is 513. The van der Waals surface area contributed by atoms with Crippen LogP contribution in [0.2, 0.25) is 0 Å². The van der Waals surface area contributed by atoms with Crippen LogP contribution in [0.15, 0.2) is 21.5 Å². The number of aromatic nitrogens is 1. The second-order valence-electron chi connectivity index (χ2n) is 5.38. The van der Waals surface area contributed by atoms with Crippen LogP contribution in [0.4, 0.5) is 0 Å². The van der Waals surface area contributed by atoms with E-state index >= 15 is 0 Å². The third-order valence-corrected chi connectivity index (χ3v) is 3.43. The van der Waals surface area contributed by atoms with Gasteiger partial charge < -0.3 is 16.0 Å². The molecule has 0 spiro atoms. The zero-order valence-corrected chi connectivity index (χ0v) is 13.0. The summed E-state index contributed by atoms with van der Waals surface area (Å²) in [5, 5.41) is 2.93. The summed E-state index contributed by atoms with van der Waals surface area (Å²) >= 11 is 3.10. The van der Waals surface area contributed by atoms with Gasteiger partial charge in [-0.3, -0.25) is 9.59 Å². The molecule has 1 atom stereocenters. The molecule has 0 aliphatic carbocycles. The molecule has 0 saturated heterocycles. The second-order valence-corrected chi connectivity index (χ2v) is 6.24. The molecular formula is C13H20BrN3O2. The molecule has 19 heavy (non-hydrogen) atoms. The van der Waals surface area contributed by atoms with Crippen molar-refractivity contribution in [3.05, 3.63) is 32.7 Å². The zero-order valence-electron chi connectivity index (χ0n) is 11.4. The fourth-order valence-corrected chi connectivity index (χ4v) is 2.38. The molecule has 0 radical (unpaired) electrons. The highest BCUT2D eigenvalue weighted by Gasteiger charge is 2.26. The molecule has 0 aromatic carbocycles. The van der Waals surface area contributed by atoms with Crippen LogP contribution in [-0.2, 0) is 0 Å². The largest absolute Gasteiger partial charge is 0.346 e. The third-order valence-electron chi connectivity index (χ3n) is 2.84. The Morgan fingerprint density at radius 1 is 1.58 bits per heavy atom. The summed E-state index contributed by atoms with van der Waals surface area (Å²) in [5.74, 6) is 0.182. The van der Waals surface area contributed by atoms with E-state index in [-0.39, 0.29) is 11.5 Å². The molecule has 0 fully saturated rings. The third kappa shape index (κ3) is 4.47. The van der Waals surface area contributed by atoms with Gasteiger partial charge in [0.15, 0.2) is 0 Å². The summed E-state index contributed by atoms with van der Waals surface area (Å²) in [6, 6.07) is 1.50. The van der Waals surface area contributed by atoms with Crippen molar-refractivity contribution >= 4 is 21.8 Å². The number of hydrogen-bond acceptors (Lipinski definition) is 3. The summed E-state index contributed by atoms with van der Waals surface area (Å²) in [6.45, 7) is 6.44. The van der Waals surface area contributed by atoms with Gasteiger partial charge in [0.25, 0.3) is 11.5 Å². The molecule has 6 heteroatoms. The van der Waals surface area contributed by atoms with Crippen LogP contribution in [0.3, 0.4) is 0 Å². The predicted molar refractivity (Wildman–Crippen MR) is 79.1 cm³/mol. The number of amides is 1. The fourth-order valence-electron chi connectivity index (χ4n) is 2.02. The van der Waals surface area contributed by atoms with Crippen molar-refractivity contribution in [1.29, 1.82) is 0 Å². The van der Waals surface area contributed by atoms with E-state index < -0.39 is 5.54 Å². The molecule has 5 nitrogen and oxygen atoms in total. The predicted octanol–water partition coefficient (Wildman–Crippen LogP) is 1.63. The summed E-state index contributed by atoms with van der Waals surface area (Å²) in [5.41, 5.74) is 5.44. The number of carbonyl (C=O) groups is 1.